The summed E-state index contributed by atoms with van der Waals surface area (Å²) in [6.45, 7) is 0. The van der Waals surface area contributed by atoms with Crippen LogP contribution < -0.4 is 4.90 Å². The molecule has 0 aliphatic heterocycles. The first-order valence-corrected chi connectivity index (χ1v) is 22.7. The van der Waals surface area contributed by atoms with Crippen molar-refractivity contribution in [3.63, 3.8) is 0 Å². The van der Waals surface area contributed by atoms with Crippen LogP contribution in [0, 0.1) is 0 Å². The van der Waals surface area contributed by atoms with Crippen LogP contribution in [0.4, 0.5) is 17.1 Å². The quantitative estimate of drug-likeness (QED) is 0.141. The van der Waals surface area contributed by atoms with Gasteiger partial charge in [0.1, 0.15) is 0 Å². The van der Waals surface area contributed by atoms with Crippen molar-refractivity contribution in [1.82, 2.24) is 4.57 Å². The van der Waals surface area contributed by atoms with Gasteiger partial charge in [-0.25, -0.2) is 0 Å². The van der Waals surface area contributed by atoms with E-state index in [2.05, 4.69) is 276 Å². The Morgan fingerprint density at radius 3 is 1.41 bits per heavy atom. The number of para-hydroxylation sites is 3. The van der Waals surface area contributed by atoms with Crippen molar-refractivity contribution in [3.05, 3.63) is 267 Å². The summed E-state index contributed by atoms with van der Waals surface area (Å²) in [6, 6.07) is 96.9. The van der Waals surface area contributed by atoms with Crippen molar-refractivity contribution in [2.75, 3.05) is 4.90 Å². The van der Waals surface area contributed by atoms with E-state index in [9.17, 15) is 0 Å². The minimum Gasteiger partial charge on any atom is -0.310 e. The lowest BCUT2D eigenvalue weighted by Gasteiger charge is -2.27. The number of nitrogens with zero attached hydrogens (tertiary/aromatic N) is 2. The van der Waals surface area contributed by atoms with E-state index in [4.69, 9.17) is 0 Å². The summed E-state index contributed by atoms with van der Waals surface area (Å²) in [4.78, 5) is 2.39. The summed E-state index contributed by atoms with van der Waals surface area (Å²) in [5.74, 6) is 0. The van der Waals surface area contributed by atoms with Crippen molar-refractivity contribution in [3.8, 4) is 61.3 Å². The van der Waals surface area contributed by atoms with Crippen LogP contribution in [0.25, 0.3) is 93.9 Å². The Kier molecular flexibility index (Phi) is 9.89. The largest absolute Gasteiger partial charge is 0.310 e. The minimum atomic E-state index is 1.07. The lowest BCUT2D eigenvalue weighted by Crippen LogP contribution is -2.10. The molecule has 2 nitrogen and oxygen atoms in total. The fraction of sp³-hybridized carbons (Fsp3) is 0. The van der Waals surface area contributed by atoms with E-state index in [0.717, 1.165) is 33.9 Å². The standard InChI is InChI=1S/C64H44N2/c1-3-17-45(18-4-1)46-33-37-52(38-34-46)65(53-39-35-47(36-40-53)50-23-15-24-51(43-50)56-29-16-22-48-21-7-8-25-55(48)56)54-41-42-57(61(44-54)49-19-5-2-6-20-49)58-26-9-12-30-62(58)66-63-31-13-10-27-59(63)60-28-11-14-32-64(60)66/h1-44H. The third-order valence-electron chi connectivity index (χ3n) is 13.0. The number of rotatable bonds is 9. The summed E-state index contributed by atoms with van der Waals surface area (Å²) in [6.07, 6.45) is 0. The molecule has 0 radical (unpaired) electrons. The number of benzene rings is 11. The van der Waals surface area contributed by atoms with Crippen molar-refractivity contribution in [2.45, 2.75) is 0 Å². The van der Waals surface area contributed by atoms with E-state index >= 15 is 0 Å². The van der Waals surface area contributed by atoms with Crippen LogP contribution in [0.2, 0.25) is 0 Å². The zero-order valence-corrected chi connectivity index (χ0v) is 36.3. The summed E-state index contributed by atoms with van der Waals surface area (Å²) < 4.78 is 2.43. The summed E-state index contributed by atoms with van der Waals surface area (Å²) >= 11 is 0. The second kappa shape index (κ2) is 16.8. The fourth-order valence-corrected chi connectivity index (χ4v) is 9.87. The van der Waals surface area contributed by atoms with E-state index in [-0.39, 0.29) is 0 Å². The van der Waals surface area contributed by atoms with Crippen molar-refractivity contribution >= 4 is 49.6 Å². The molecular weight excluding hydrogens is 797 g/mol. The van der Waals surface area contributed by atoms with E-state index in [1.807, 2.05) is 0 Å². The molecule has 0 N–H and O–H groups in total. The monoisotopic (exact) mass is 840 g/mol. The van der Waals surface area contributed by atoms with Gasteiger partial charge in [0.25, 0.3) is 0 Å². The van der Waals surface area contributed by atoms with Gasteiger partial charge in [-0.05, 0) is 122 Å². The maximum Gasteiger partial charge on any atom is 0.0541 e. The SMILES string of the molecule is c1ccc(-c2ccc(N(c3ccc(-c4cccc(-c5cccc6ccccc56)c4)cc3)c3ccc(-c4ccccc4-n4c5ccccc5c5ccccc54)c(-c4ccccc4)c3)cc2)cc1. The Morgan fingerprint density at radius 1 is 0.242 bits per heavy atom. The van der Waals surface area contributed by atoms with Gasteiger partial charge in [-0.3, -0.25) is 0 Å². The highest BCUT2D eigenvalue weighted by Gasteiger charge is 2.20. The second-order valence-corrected chi connectivity index (χ2v) is 16.9. The summed E-state index contributed by atoms with van der Waals surface area (Å²) in [7, 11) is 0. The van der Waals surface area contributed by atoms with E-state index in [0.29, 0.717) is 0 Å². The predicted molar refractivity (Wildman–Crippen MR) is 280 cm³/mol. The van der Waals surface area contributed by atoms with Crippen molar-refractivity contribution < 1.29 is 0 Å². The highest BCUT2D eigenvalue weighted by atomic mass is 15.1. The lowest BCUT2D eigenvalue weighted by atomic mass is 9.92. The van der Waals surface area contributed by atoms with Crippen LogP contribution in [0.3, 0.4) is 0 Å². The molecule has 0 aliphatic carbocycles. The van der Waals surface area contributed by atoms with Gasteiger partial charge in [-0.15, -0.1) is 0 Å². The number of aromatic nitrogens is 1. The molecular formula is C64H44N2. The summed E-state index contributed by atoms with van der Waals surface area (Å²) in [5, 5.41) is 5.01. The van der Waals surface area contributed by atoms with Crippen LogP contribution in [0.1, 0.15) is 0 Å². The molecule has 11 aromatic carbocycles. The van der Waals surface area contributed by atoms with E-state index in [1.165, 1.54) is 77.1 Å². The fourth-order valence-electron chi connectivity index (χ4n) is 9.87. The highest BCUT2D eigenvalue weighted by molar-refractivity contribution is 6.10. The van der Waals surface area contributed by atoms with Gasteiger partial charge in [0.15, 0.2) is 0 Å². The first kappa shape index (κ1) is 38.9. The van der Waals surface area contributed by atoms with E-state index < -0.39 is 0 Å². The molecule has 0 atom stereocenters. The second-order valence-electron chi connectivity index (χ2n) is 16.9. The van der Waals surface area contributed by atoms with Crippen LogP contribution >= 0.6 is 0 Å². The maximum absolute atomic E-state index is 2.43. The number of hydrogen-bond acceptors (Lipinski definition) is 1. The van der Waals surface area contributed by atoms with Crippen LogP contribution in [-0.4, -0.2) is 4.57 Å². The van der Waals surface area contributed by atoms with Gasteiger partial charge < -0.3 is 9.47 Å². The number of hydrogen-bond donors (Lipinski definition) is 0. The molecule has 1 heterocycles. The van der Waals surface area contributed by atoms with Gasteiger partial charge in [0, 0.05) is 33.4 Å². The van der Waals surface area contributed by atoms with Crippen molar-refractivity contribution in [2.24, 2.45) is 0 Å². The molecule has 2 heteroatoms. The lowest BCUT2D eigenvalue weighted by molar-refractivity contribution is 1.18. The first-order chi connectivity index (χ1) is 32.7. The molecule has 0 unspecified atom stereocenters. The van der Waals surface area contributed by atoms with Gasteiger partial charge >= 0.3 is 0 Å². The van der Waals surface area contributed by atoms with Crippen LogP contribution in [-0.2, 0) is 0 Å². The zero-order chi connectivity index (χ0) is 43.8. The molecule has 0 saturated heterocycles. The topological polar surface area (TPSA) is 8.17 Å². The first-order valence-electron chi connectivity index (χ1n) is 22.7. The highest BCUT2D eigenvalue weighted by Crippen LogP contribution is 2.44. The average molecular weight is 841 g/mol. The molecule has 1 aromatic heterocycles. The maximum atomic E-state index is 2.43. The number of anilines is 3. The smallest absolute Gasteiger partial charge is 0.0541 e. The molecule has 0 aliphatic rings. The third-order valence-corrected chi connectivity index (χ3v) is 13.0. The Morgan fingerprint density at radius 2 is 0.712 bits per heavy atom. The Bertz CT molecular complexity index is 3620. The zero-order valence-electron chi connectivity index (χ0n) is 36.3. The molecule has 310 valence electrons. The molecule has 0 saturated carbocycles. The van der Waals surface area contributed by atoms with Gasteiger partial charge in [-0.1, -0.05) is 206 Å². The average Bonchev–Trinajstić information content (AvgIpc) is 3.74. The van der Waals surface area contributed by atoms with Gasteiger partial charge in [-0.2, -0.15) is 0 Å². The van der Waals surface area contributed by atoms with Gasteiger partial charge in [0.2, 0.25) is 0 Å². The van der Waals surface area contributed by atoms with Crippen LogP contribution in [0.5, 0.6) is 0 Å². The third kappa shape index (κ3) is 7.02. The molecule has 0 fully saturated rings. The molecule has 0 amide bonds. The Hall–Kier alpha value is -8.72. The summed E-state index contributed by atoms with van der Waals surface area (Å²) in [5.41, 5.74) is 18.6. The molecule has 12 rings (SSSR count). The van der Waals surface area contributed by atoms with Crippen LogP contribution in [0.15, 0.2) is 267 Å². The van der Waals surface area contributed by atoms with E-state index in [1.54, 1.807) is 0 Å². The molecule has 0 spiro atoms. The normalized spacial score (nSPS) is 11.3. The predicted octanol–water partition coefficient (Wildman–Crippen LogP) is 17.7. The molecule has 0 bridgehead atoms. The minimum absolute atomic E-state index is 1.07. The Balaban J connectivity index is 0.998. The number of fused-ring (bicyclic) bond motifs is 4. The molecule has 12 aromatic rings. The Labute approximate surface area is 385 Å². The molecule has 66 heavy (non-hydrogen) atoms. The van der Waals surface area contributed by atoms with Gasteiger partial charge in [0.05, 0.1) is 16.7 Å². The van der Waals surface area contributed by atoms with Crippen molar-refractivity contribution in [1.29, 1.82) is 0 Å².